The van der Waals surface area contributed by atoms with Crippen molar-refractivity contribution in [3.63, 3.8) is 0 Å². The van der Waals surface area contributed by atoms with Crippen LogP contribution in [0.2, 0.25) is 0 Å². The zero-order chi connectivity index (χ0) is 11.7. The van der Waals surface area contributed by atoms with E-state index in [1.54, 1.807) is 0 Å². The third-order valence-corrected chi connectivity index (χ3v) is 4.48. The van der Waals surface area contributed by atoms with Crippen molar-refractivity contribution in [3.05, 3.63) is 26.3 Å². The zero-order valence-corrected chi connectivity index (χ0v) is 12.0. The van der Waals surface area contributed by atoms with Gasteiger partial charge in [-0.15, -0.1) is 0 Å². The second-order valence-electron chi connectivity index (χ2n) is 4.59. The Morgan fingerprint density at radius 1 is 1.56 bits per heavy atom. The second kappa shape index (κ2) is 4.92. The van der Waals surface area contributed by atoms with E-state index < -0.39 is 0 Å². The molecule has 2 nitrogen and oxygen atoms in total. The summed E-state index contributed by atoms with van der Waals surface area (Å²) in [5, 5.41) is 13.3. The number of hydrogen-bond donors (Lipinski definition) is 2. The van der Waals surface area contributed by atoms with Crippen molar-refractivity contribution < 1.29 is 5.11 Å². The van der Waals surface area contributed by atoms with Crippen LogP contribution in [-0.2, 0) is 13.0 Å². The second-order valence-corrected chi connectivity index (χ2v) is 5.67. The predicted octanol–water partition coefficient (Wildman–Crippen LogP) is 3.16. The lowest BCUT2D eigenvalue weighted by molar-refractivity contribution is 0.457. The van der Waals surface area contributed by atoms with Crippen molar-refractivity contribution in [2.75, 3.05) is 7.05 Å². The van der Waals surface area contributed by atoms with E-state index in [2.05, 4.69) is 40.9 Å². The van der Waals surface area contributed by atoms with Crippen LogP contribution in [0.15, 0.2) is 6.07 Å². The van der Waals surface area contributed by atoms with E-state index in [-0.39, 0.29) is 0 Å². The lowest BCUT2D eigenvalue weighted by Crippen LogP contribution is -2.13. The molecule has 1 aromatic carbocycles. The molecule has 88 valence electrons. The molecule has 1 aliphatic rings. The third-order valence-electron chi connectivity index (χ3n) is 3.39. The quantitative estimate of drug-likeness (QED) is 0.816. The average Bonchev–Trinajstić information content (AvgIpc) is 2.25. The molecular weight excluding hydrogens is 313 g/mol. The van der Waals surface area contributed by atoms with Crippen molar-refractivity contribution in [3.8, 4) is 5.75 Å². The Bertz CT molecular complexity index is 403. The molecule has 3 heteroatoms. The Kier molecular flexibility index (Phi) is 3.74. The molecular formula is C13H18INO. The van der Waals surface area contributed by atoms with Gasteiger partial charge in [0.2, 0.25) is 0 Å². The van der Waals surface area contributed by atoms with Gasteiger partial charge in [0.15, 0.2) is 0 Å². The topological polar surface area (TPSA) is 32.3 Å². The Hall–Kier alpha value is -0.290. The van der Waals surface area contributed by atoms with Crippen LogP contribution in [0, 0.1) is 3.57 Å². The number of fused-ring (bicyclic) bond motifs is 1. The molecule has 0 fully saturated rings. The molecule has 1 atom stereocenters. The Morgan fingerprint density at radius 3 is 3.00 bits per heavy atom. The van der Waals surface area contributed by atoms with Gasteiger partial charge in [-0.25, -0.2) is 0 Å². The highest BCUT2D eigenvalue weighted by Crippen LogP contribution is 2.40. The standard InChI is InChI=1S/C13H18INO/c1-8-4-3-5-9-6-10(7-15-2)13(16)12(14)11(8)9/h6,8,15-16H,3-5,7H2,1-2H3. The summed E-state index contributed by atoms with van der Waals surface area (Å²) >= 11 is 2.29. The van der Waals surface area contributed by atoms with Gasteiger partial charge in [0, 0.05) is 12.1 Å². The van der Waals surface area contributed by atoms with Crippen LogP contribution in [0.4, 0.5) is 0 Å². The van der Waals surface area contributed by atoms with E-state index in [9.17, 15) is 5.11 Å². The minimum atomic E-state index is 0.474. The monoisotopic (exact) mass is 331 g/mol. The minimum Gasteiger partial charge on any atom is -0.506 e. The molecule has 0 aromatic heterocycles. The Labute approximate surface area is 111 Å². The summed E-state index contributed by atoms with van der Waals surface area (Å²) in [6.07, 6.45) is 3.68. The maximum Gasteiger partial charge on any atom is 0.133 e. The van der Waals surface area contributed by atoms with Crippen molar-refractivity contribution in [1.29, 1.82) is 0 Å². The summed E-state index contributed by atoms with van der Waals surface area (Å²) in [6, 6.07) is 2.18. The molecule has 0 amide bonds. The number of aryl methyl sites for hydroxylation is 1. The summed E-state index contributed by atoms with van der Waals surface area (Å²) in [7, 11) is 1.91. The van der Waals surface area contributed by atoms with Gasteiger partial charge >= 0.3 is 0 Å². The molecule has 0 saturated carbocycles. The fraction of sp³-hybridized carbons (Fsp3) is 0.538. The SMILES string of the molecule is CNCc1cc2c(c(I)c1O)C(C)CCC2. The van der Waals surface area contributed by atoms with Crippen LogP contribution in [0.1, 0.15) is 42.4 Å². The van der Waals surface area contributed by atoms with E-state index in [4.69, 9.17) is 0 Å². The number of rotatable bonds is 2. The number of nitrogens with one attached hydrogen (secondary N) is 1. The Morgan fingerprint density at radius 2 is 2.31 bits per heavy atom. The van der Waals surface area contributed by atoms with Crippen LogP contribution in [-0.4, -0.2) is 12.2 Å². The number of phenolic OH excluding ortho intramolecular Hbond substituents is 1. The van der Waals surface area contributed by atoms with Crippen molar-refractivity contribution in [2.45, 2.75) is 38.6 Å². The van der Waals surface area contributed by atoms with Gasteiger partial charge < -0.3 is 10.4 Å². The molecule has 2 N–H and O–H groups in total. The summed E-state index contributed by atoms with van der Waals surface area (Å²) in [6.45, 7) is 3.00. The molecule has 0 radical (unpaired) electrons. The summed E-state index contributed by atoms with van der Waals surface area (Å²) in [5.41, 5.74) is 3.84. The molecule has 1 unspecified atom stereocenters. The average molecular weight is 331 g/mol. The highest BCUT2D eigenvalue weighted by atomic mass is 127. The number of halogens is 1. The van der Waals surface area contributed by atoms with E-state index >= 15 is 0 Å². The van der Waals surface area contributed by atoms with Crippen molar-refractivity contribution in [2.24, 2.45) is 0 Å². The molecule has 16 heavy (non-hydrogen) atoms. The van der Waals surface area contributed by atoms with Gasteiger partial charge in [-0.2, -0.15) is 0 Å². The molecule has 0 spiro atoms. The number of phenols is 1. The van der Waals surface area contributed by atoms with Gasteiger partial charge in [-0.05, 0) is 65.9 Å². The van der Waals surface area contributed by atoms with E-state index in [0.29, 0.717) is 11.7 Å². The van der Waals surface area contributed by atoms with Gasteiger partial charge in [0.05, 0.1) is 3.57 Å². The zero-order valence-electron chi connectivity index (χ0n) is 9.81. The highest BCUT2D eigenvalue weighted by molar-refractivity contribution is 14.1. The number of aromatic hydroxyl groups is 1. The first-order valence-electron chi connectivity index (χ1n) is 5.82. The van der Waals surface area contributed by atoms with Crippen LogP contribution in [0.5, 0.6) is 5.75 Å². The van der Waals surface area contributed by atoms with Crippen LogP contribution in [0.25, 0.3) is 0 Å². The van der Waals surface area contributed by atoms with Crippen LogP contribution < -0.4 is 5.32 Å². The molecule has 2 rings (SSSR count). The lowest BCUT2D eigenvalue weighted by atomic mass is 9.83. The first-order valence-corrected chi connectivity index (χ1v) is 6.90. The van der Waals surface area contributed by atoms with Crippen molar-refractivity contribution >= 4 is 22.6 Å². The van der Waals surface area contributed by atoms with Crippen LogP contribution >= 0.6 is 22.6 Å². The van der Waals surface area contributed by atoms with Gasteiger partial charge in [0.25, 0.3) is 0 Å². The van der Waals surface area contributed by atoms with E-state index in [1.165, 1.54) is 24.0 Å². The molecule has 0 heterocycles. The summed E-state index contributed by atoms with van der Waals surface area (Å²) in [5.74, 6) is 1.06. The minimum absolute atomic E-state index is 0.474. The lowest BCUT2D eigenvalue weighted by Gasteiger charge is -2.25. The summed E-state index contributed by atoms with van der Waals surface area (Å²) in [4.78, 5) is 0. The smallest absolute Gasteiger partial charge is 0.133 e. The van der Waals surface area contributed by atoms with E-state index in [1.807, 2.05) is 7.05 Å². The highest BCUT2D eigenvalue weighted by Gasteiger charge is 2.22. The maximum atomic E-state index is 10.2. The molecule has 1 aromatic rings. The number of hydrogen-bond acceptors (Lipinski definition) is 2. The normalized spacial score (nSPS) is 19.6. The fourth-order valence-corrected chi connectivity index (χ4v) is 3.80. The van der Waals surface area contributed by atoms with Crippen molar-refractivity contribution in [1.82, 2.24) is 5.32 Å². The maximum absolute atomic E-state index is 10.2. The molecule has 0 saturated heterocycles. The molecule has 0 bridgehead atoms. The third kappa shape index (κ3) is 2.07. The molecule has 0 aliphatic heterocycles. The summed E-state index contributed by atoms with van der Waals surface area (Å²) < 4.78 is 1.06. The van der Waals surface area contributed by atoms with Gasteiger partial charge in [0.1, 0.15) is 5.75 Å². The van der Waals surface area contributed by atoms with Gasteiger partial charge in [-0.3, -0.25) is 0 Å². The first kappa shape index (κ1) is 12.2. The largest absolute Gasteiger partial charge is 0.506 e. The Balaban J connectivity index is 2.52. The number of benzene rings is 1. The molecule has 1 aliphatic carbocycles. The fourth-order valence-electron chi connectivity index (χ4n) is 2.57. The van der Waals surface area contributed by atoms with Crippen LogP contribution in [0.3, 0.4) is 0 Å². The first-order chi connectivity index (χ1) is 7.65. The van der Waals surface area contributed by atoms with E-state index in [0.717, 1.165) is 22.1 Å². The predicted molar refractivity (Wildman–Crippen MR) is 74.9 cm³/mol. The van der Waals surface area contributed by atoms with Gasteiger partial charge in [-0.1, -0.05) is 13.0 Å².